The Bertz CT molecular complexity index is 289. The van der Waals surface area contributed by atoms with E-state index in [1.807, 2.05) is 0 Å². The molecule has 18 heavy (non-hydrogen) atoms. The van der Waals surface area contributed by atoms with Crippen LogP contribution in [0.1, 0.15) is 13.8 Å². The molecule has 0 aromatic rings. The van der Waals surface area contributed by atoms with E-state index in [9.17, 15) is 9.59 Å². The van der Waals surface area contributed by atoms with Crippen molar-refractivity contribution in [1.82, 2.24) is 10.6 Å². The van der Waals surface area contributed by atoms with Gasteiger partial charge in [0.1, 0.15) is 6.04 Å². The van der Waals surface area contributed by atoms with Crippen molar-refractivity contribution in [2.24, 2.45) is 5.92 Å². The fourth-order valence-corrected chi connectivity index (χ4v) is 1.57. The Morgan fingerprint density at radius 1 is 1.39 bits per heavy atom. The van der Waals surface area contributed by atoms with Crippen LogP contribution >= 0.6 is 0 Å². The van der Waals surface area contributed by atoms with E-state index in [0.29, 0.717) is 26.4 Å². The van der Waals surface area contributed by atoms with Crippen LogP contribution in [0.15, 0.2) is 0 Å². The first-order valence-corrected chi connectivity index (χ1v) is 5.97. The number of carbonyl (C=O) groups excluding carboxylic acids is 1. The van der Waals surface area contributed by atoms with Crippen LogP contribution < -0.4 is 10.6 Å². The van der Waals surface area contributed by atoms with Crippen molar-refractivity contribution in [3.63, 3.8) is 0 Å². The first-order valence-electron chi connectivity index (χ1n) is 5.97. The number of hydrogen-bond donors (Lipinski definition) is 3. The van der Waals surface area contributed by atoms with E-state index in [1.54, 1.807) is 13.8 Å². The molecule has 0 saturated carbocycles. The Morgan fingerprint density at radius 3 is 2.61 bits per heavy atom. The third kappa shape index (κ3) is 4.89. The minimum absolute atomic E-state index is 0.174. The van der Waals surface area contributed by atoms with Crippen LogP contribution in [-0.4, -0.2) is 55.6 Å². The molecule has 1 heterocycles. The molecule has 0 aliphatic carbocycles. The summed E-state index contributed by atoms with van der Waals surface area (Å²) in [5.41, 5.74) is 0. The number of carbonyl (C=O) groups is 2. The normalized spacial score (nSPS) is 21.4. The van der Waals surface area contributed by atoms with Crippen LogP contribution in [0.3, 0.4) is 0 Å². The van der Waals surface area contributed by atoms with Crippen molar-refractivity contribution in [3.8, 4) is 0 Å². The first-order chi connectivity index (χ1) is 8.50. The van der Waals surface area contributed by atoms with Crippen LogP contribution in [0, 0.1) is 5.92 Å². The predicted molar refractivity (Wildman–Crippen MR) is 63.4 cm³/mol. The van der Waals surface area contributed by atoms with Gasteiger partial charge in [0, 0.05) is 6.54 Å². The van der Waals surface area contributed by atoms with E-state index in [4.69, 9.17) is 14.6 Å². The number of nitrogens with one attached hydrogen (secondary N) is 2. The van der Waals surface area contributed by atoms with E-state index in [-0.39, 0.29) is 12.0 Å². The molecule has 2 atom stereocenters. The highest BCUT2D eigenvalue weighted by molar-refractivity contribution is 5.82. The third-order valence-corrected chi connectivity index (χ3v) is 2.59. The number of aliphatic carboxylic acids is 1. The van der Waals surface area contributed by atoms with Gasteiger partial charge in [-0.3, -0.25) is 0 Å². The van der Waals surface area contributed by atoms with Crippen molar-refractivity contribution in [2.75, 3.05) is 26.4 Å². The van der Waals surface area contributed by atoms with Crippen molar-refractivity contribution in [3.05, 3.63) is 0 Å². The van der Waals surface area contributed by atoms with Crippen molar-refractivity contribution < 1.29 is 24.2 Å². The quantitative estimate of drug-likeness (QED) is 0.636. The van der Waals surface area contributed by atoms with Crippen LogP contribution in [0.4, 0.5) is 4.79 Å². The molecule has 7 heteroatoms. The minimum Gasteiger partial charge on any atom is -0.480 e. The summed E-state index contributed by atoms with van der Waals surface area (Å²) in [6, 6.07) is -1.40. The highest BCUT2D eigenvalue weighted by Gasteiger charge is 2.23. The van der Waals surface area contributed by atoms with Crippen molar-refractivity contribution >= 4 is 12.0 Å². The molecule has 1 fully saturated rings. The molecular formula is C11H20N2O5. The Kier molecular flexibility index (Phi) is 5.87. The standard InChI is InChI=1S/C11H20N2O5/c1-7(2)9(10(14)15)13-11(16)12-5-8-6-17-3-4-18-8/h7-9H,3-6H2,1-2H3,(H,14,15)(H2,12,13,16)/t8?,9-/m0/s1. The summed E-state index contributed by atoms with van der Waals surface area (Å²) < 4.78 is 10.5. The van der Waals surface area contributed by atoms with Gasteiger partial charge in [0.05, 0.1) is 25.9 Å². The Labute approximate surface area is 106 Å². The van der Waals surface area contributed by atoms with Crippen LogP contribution in [0.25, 0.3) is 0 Å². The smallest absolute Gasteiger partial charge is 0.326 e. The maximum atomic E-state index is 11.5. The summed E-state index contributed by atoms with van der Waals surface area (Å²) >= 11 is 0. The molecule has 1 aliphatic heterocycles. The van der Waals surface area contributed by atoms with Gasteiger partial charge in [-0.15, -0.1) is 0 Å². The molecule has 104 valence electrons. The number of carboxylic acids is 1. The lowest BCUT2D eigenvalue weighted by Gasteiger charge is -2.24. The van der Waals surface area contributed by atoms with Gasteiger partial charge in [-0.1, -0.05) is 13.8 Å². The molecule has 1 saturated heterocycles. The number of ether oxygens (including phenoxy) is 2. The average Bonchev–Trinajstić information content (AvgIpc) is 2.34. The summed E-state index contributed by atoms with van der Waals surface area (Å²) in [5, 5.41) is 13.9. The second kappa shape index (κ2) is 7.17. The fraction of sp³-hybridized carbons (Fsp3) is 0.818. The maximum Gasteiger partial charge on any atom is 0.326 e. The number of hydrogen-bond acceptors (Lipinski definition) is 4. The van der Waals surface area contributed by atoms with Crippen molar-refractivity contribution in [2.45, 2.75) is 26.0 Å². The lowest BCUT2D eigenvalue weighted by atomic mass is 10.1. The van der Waals surface area contributed by atoms with Crippen molar-refractivity contribution in [1.29, 1.82) is 0 Å². The van der Waals surface area contributed by atoms with Gasteiger partial charge in [0.2, 0.25) is 0 Å². The predicted octanol–water partition coefficient (Wildman–Crippen LogP) is -0.190. The summed E-state index contributed by atoms with van der Waals surface area (Å²) in [7, 11) is 0. The zero-order valence-corrected chi connectivity index (χ0v) is 10.6. The third-order valence-electron chi connectivity index (χ3n) is 2.59. The monoisotopic (exact) mass is 260 g/mol. The van der Waals surface area contributed by atoms with Crippen LogP contribution in [-0.2, 0) is 14.3 Å². The molecule has 1 rings (SSSR count). The van der Waals surface area contributed by atoms with E-state index in [2.05, 4.69) is 10.6 Å². The second-order valence-corrected chi connectivity index (χ2v) is 4.48. The molecule has 0 radical (unpaired) electrons. The first kappa shape index (κ1) is 14.7. The molecular weight excluding hydrogens is 240 g/mol. The summed E-state index contributed by atoms with van der Waals surface area (Å²) in [6.07, 6.45) is -0.174. The number of amides is 2. The highest BCUT2D eigenvalue weighted by atomic mass is 16.6. The van der Waals surface area contributed by atoms with E-state index >= 15 is 0 Å². The minimum atomic E-state index is -1.04. The molecule has 0 aromatic carbocycles. The van der Waals surface area contributed by atoms with Gasteiger partial charge in [-0.2, -0.15) is 0 Å². The van der Waals surface area contributed by atoms with Gasteiger partial charge < -0.3 is 25.2 Å². The topological polar surface area (TPSA) is 96.9 Å². The maximum absolute atomic E-state index is 11.5. The van der Waals surface area contributed by atoms with Gasteiger partial charge >= 0.3 is 12.0 Å². The summed E-state index contributed by atoms with van der Waals surface area (Å²) in [6.45, 7) is 5.28. The Balaban J connectivity index is 2.29. The van der Waals surface area contributed by atoms with E-state index in [1.165, 1.54) is 0 Å². The van der Waals surface area contributed by atoms with Crippen LogP contribution in [0.5, 0.6) is 0 Å². The molecule has 0 spiro atoms. The molecule has 1 unspecified atom stereocenters. The fourth-order valence-electron chi connectivity index (χ4n) is 1.57. The largest absolute Gasteiger partial charge is 0.480 e. The lowest BCUT2D eigenvalue weighted by Crippen LogP contribution is -2.50. The average molecular weight is 260 g/mol. The Morgan fingerprint density at radius 2 is 2.11 bits per heavy atom. The van der Waals surface area contributed by atoms with Crippen LogP contribution in [0.2, 0.25) is 0 Å². The number of rotatable bonds is 5. The zero-order valence-electron chi connectivity index (χ0n) is 10.6. The van der Waals surface area contributed by atoms with E-state index < -0.39 is 18.0 Å². The highest BCUT2D eigenvalue weighted by Crippen LogP contribution is 2.02. The molecule has 7 nitrogen and oxygen atoms in total. The molecule has 0 aromatic heterocycles. The Hall–Kier alpha value is -1.34. The number of carboxylic acid groups (broad SMARTS) is 1. The van der Waals surface area contributed by atoms with E-state index in [0.717, 1.165) is 0 Å². The summed E-state index contributed by atoms with van der Waals surface area (Å²) in [5.74, 6) is -1.22. The molecule has 3 N–H and O–H groups in total. The summed E-state index contributed by atoms with van der Waals surface area (Å²) in [4.78, 5) is 22.4. The molecule has 2 amide bonds. The zero-order chi connectivity index (χ0) is 13.5. The van der Waals surface area contributed by atoms with Gasteiger partial charge in [0.15, 0.2) is 0 Å². The van der Waals surface area contributed by atoms with Gasteiger partial charge in [0.25, 0.3) is 0 Å². The SMILES string of the molecule is CC(C)[C@H](NC(=O)NCC1COCCO1)C(=O)O. The van der Waals surface area contributed by atoms with Gasteiger partial charge in [-0.05, 0) is 5.92 Å². The lowest BCUT2D eigenvalue weighted by molar-refractivity contribution is -0.140. The number of urea groups is 1. The second-order valence-electron chi connectivity index (χ2n) is 4.48. The van der Waals surface area contributed by atoms with Gasteiger partial charge in [-0.25, -0.2) is 9.59 Å². The molecule has 1 aliphatic rings. The molecule has 0 bridgehead atoms.